The Morgan fingerprint density at radius 3 is 2.34 bits per heavy atom. The van der Waals surface area contributed by atoms with Crippen LogP contribution in [-0.2, 0) is 10.0 Å². The van der Waals surface area contributed by atoms with Crippen LogP contribution >= 0.6 is 11.6 Å². The molecule has 0 spiro atoms. The Morgan fingerprint density at radius 2 is 1.62 bits per heavy atom. The van der Waals surface area contributed by atoms with Crippen molar-refractivity contribution in [3.63, 3.8) is 0 Å². The molecule has 10 heteroatoms. The zero-order chi connectivity index (χ0) is 22.7. The van der Waals surface area contributed by atoms with Crippen LogP contribution in [0.5, 0.6) is 23.3 Å². The zero-order valence-corrected chi connectivity index (χ0v) is 18.6. The van der Waals surface area contributed by atoms with Crippen molar-refractivity contribution < 1.29 is 22.6 Å². The number of hydrogen-bond acceptors (Lipinski definition) is 7. The number of methoxy groups -OCH3 is 2. The van der Waals surface area contributed by atoms with Crippen LogP contribution in [0.25, 0.3) is 10.8 Å². The van der Waals surface area contributed by atoms with Crippen molar-refractivity contribution in [2.24, 2.45) is 0 Å². The van der Waals surface area contributed by atoms with Gasteiger partial charge in [-0.05, 0) is 23.6 Å². The minimum atomic E-state index is -3.92. The topological polar surface area (TPSA) is 99.6 Å². The van der Waals surface area contributed by atoms with E-state index in [0.29, 0.717) is 11.6 Å². The van der Waals surface area contributed by atoms with E-state index in [4.69, 9.17) is 25.8 Å². The summed E-state index contributed by atoms with van der Waals surface area (Å²) in [6.45, 7) is 0. The molecule has 1 N–H and O–H groups in total. The predicted molar refractivity (Wildman–Crippen MR) is 121 cm³/mol. The normalized spacial score (nSPS) is 11.2. The number of rotatable bonds is 7. The molecular weight excluding hydrogens is 454 g/mol. The van der Waals surface area contributed by atoms with Crippen LogP contribution in [0.3, 0.4) is 0 Å². The molecule has 0 saturated carbocycles. The van der Waals surface area contributed by atoms with E-state index < -0.39 is 10.0 Å². The Labute approximate surface area is 189 Å². The Kier molecular flexibility index (Phi) is 6.02. The van der Waals surface area contributed by atoms with Gasteiger partial charge in [0, 0.05) is 23.7 Å². The van der Waals surface area contributed by atoms with E-state index in [1.165, 1.54) is 44.7 Å². The molecular formula is C22H18ClN3O5S. The summed E-state index contributed by atoms with van der Waals surface area (Å²) in [6.07, 6.45) is 2.99. The van der Waals surface area contributed by atoms with Gasteiger partial charge in [0.05, 0.1) is 31.0 Å². The third-order valence-corrected chi connectivity index (χ3v) is 6.18. The van der Waals surface area contributed by atoms with Crippen LogP contribution in [0.15, 0.2) is 71.9 Å². The van der Waals surface area contributed by atoms with Crippen molar-refractivity contribution in [2.45, 2.75) is 4.90 Å². The summed E-state index contributed by atoms with van der Waals surface area (Å²) in [5.41, 5.74) is 0.170. The minimum Gasteiger partial charge on any atom is -0.493 e. The lowest BCUT2D eigenvalue weighted by molar-refractivity contribution is 0.354. The van der Waals surface area contributed by atoms with E-state index in [-0.39, 0.29) is 27.2 Å². The van der Waals surface area contributed by atoms with Gasteiger partial charge in [-0.25, -0.2) is 18.4 Å². The molecule has 0 aliphatic carbocycles. The fourth-order valence-corrected chi connectivity index (χ4v) is 4.23. The Morgan fingerprint density at radius 1 is 0.875 bits per heavy atom. The monoisotopic (exact) mass is 471 g/mol. The molecule has 4 rings (SSSR count). The molecule has 32 heavy (non-hydrogen) atoms. The van der Waals surface area contributed by atoms with Gasteiger partial charge in [-0.3, -0.25) is 4.72 Å². The first-order valence-electron chi connectivity index (χ1n) is 9.32. The van der Waals surface area contributed by atoms with Crippen LogP contribution < -0.4 is 18.9 Å². The lowest BCUT2D eigenvalue weighted by Crippen LogP contribution is -2.13. The van der Waals surface area contributed by atoms with E-state index >= 15 is 0 Å². The highest BCUT2D eigenvalue weighted by Gasteiger charge is 2.18. The number of halogens is 1. The number of aromatic nitrogens is 2. The fourth-order valence-electron chi connectivity index (χ4n) is 2.97. The number of anilines is 1. The number of fused-ring (bicyclic) bond motifs is 1. The number of benzene rings is 2. The van der Waals surface area contributed by atoms with Gasteiger partial charge in [0.1, 0.15) is 5.02 Å². The van der Waals surface area contributed by atoms with Crippen molar-refractivity contribution in [1.82, 2.24) is 9.97 Å². The lowest BCUT2D eigenvalue weighted by Gasteiger charge is -2.12. The summed E-state index contributed by atoms with van der Waals surface area (Å²) in [5.74, 6) is 1.12. The van der Waals surface area contributed by atoms with E-state index in [1.807, 2.05) is 24.3 Å². The molecule has 0 unspecified atom stereocenters. The highest BCUT2D eigenvalue weighted by atomic mass is 35.5. The third kappa shape index (κ3) is 4.53. The second-order valence-electron chi connectivity index (χ2n) is 6.61. The maximum absolute atomic E-state index is 12.8. The van der Waals surface area contributed by atoms with E-state index in [1.54, 1.807) is 12.3 Å². The van der Waals surface area contributed by atoms with Gasteiger partial charge in [-0.15, -0.1) is 0 Å². The van der Waals surface area contributed by atoms with Gasteiger partial charge in [-0.1, -0.05) is 35.9 Å². The van der Waals surface area contributed by atoms with Gasteiger partial charge in [0.15, 0.2) is 11.5 Å². The Bertz CT molecular complexity index is 1400. The molecule has 4 aromatic rings. The number of hydrogen-bond donors (Lipinski definition) is 1. The molecule has 2 heterocycles. The first-order valence-corrected chi connectivity index (χ1v) is 11.2. The molecule has 0 aliphatic rings. The van der Waals surface area contributed by atoms with Crippen molar-refractivity contribution in [3.05, 3.63) is 72.0 Å². The molecule has 2 aromatic carbocycles. The molecule has 164 valence electrons. The molecule has 0 radical (unpaired) electrons. The SMILES string of the molecule is COc1ccc(S(=O)(=O)Nc2cnc(Oc3cc4ccccc4cn3)c(Cl)c2)cc1OC. The maximum Gasteiger partial charge on any atom is 0.262 e. The zero-order valence-electron chi connectivity index (χ0n) is 17.1. The van der Waals surface area contributed by atoms with Gasteiger partial charge < -0.3 is 14.2 Å². The van der Waals surface area contributed by atoms with Gasteiger partial charge in [0.2, 0.25) is 11.8 Å². The molecule has 0 bridgehead atoms. The van der Waals surface area contributed by atoms with Crippen LogP contribution in [-0.4, -0.2) is 32.6 Å². The largest absolute Gasteiger partial charge is 0.493 e. The highest BCUT2D eigenvalue weighted by Crippen LogP contribution is 2.32. The first kappa shape index (κ1) is 21.7. The predicted octanol–water partition coefficient (Wildman–Crippen LogP) is 4.89. The van der Waals surface area contributed by atoms with Gasteiger partial charge in [-0.2, -0.15) is 0 Å². The number of ether oxygens (including phenoxy) is 3. The summed E-state index contributed by atoms with van der Waals surface area (Å²) in [7, 11) is -1.03. The van der Waals surface area contributed by atoms with E-state index in [2.05, 4.69) is 14.7 Å². The van der Waals surface area contributed by atoms with Gasteiger partial charge in [0.25, 0.3) is 10.0 Å². The summed E-state index contributed by atoms with van der Waals surface area (Å²) in [4.78, 5) is 8.36. The molecule has 0 amide bonds. The van der Waals surface area contributed by atoms with E-state index in [9.17, 15) is 8.42 Å². The van der Waals surface area contributed by atoms with Crippen LogP contribution in [0, 0.1) is 0 Å². The summed E-state index contributed by atoms with van der Waals surface area (Å²) >= 11 is 6.27. The quantitative estimate of drug-likeness (QED) is 0.409. The summed E-state index contributed by atoms with van der Waals surface area (Å²) in [5, 5.41) is 2.04. The lowest BCUT2D eigenvalue weighted by atomic mass is 10.2. The Balaban J connectivity index is 1.55. The number of pyridine rings is 2. The second kappa shape index (κ2) is 8.89. The number of nitrogens with zero attached hydrogens (tertiary/aromatic N) is 2. The van der Waals surface area contributed by atoms with Crippen molar-refractivity contribution in [2.75, 3.05) is 18.9 Å². The molecule has 0 atom stereocenters. The highest BCUT2D eigenvalue weighted by molar-refractivity contribution is 7.92. The second-order valence-corrected chi connectivity index (χ2v) is 8.69. The molecule has 0 saturated heterocycles. The molecule has 2 aromatic heterocycles. The van der Waals surface area contributed by atoms with Crippen molar-refractivity contribution >= 4 is 38.1 Å². The molecule has 0 aliphatic heterocycles. The van der Waals surface area contributed by atoms with Crippen molar-refractivity contribution in [3.8, 4) is 23.3 Å². The minimum absolute atomic E-state index is 0.00744. The van der Waals surface area contributed by atoms with Crippen molar-refractivity contribution in [1.29, 1.82) is 0 Å². The smallest absolute Gasteiger partial charge is 0.262 e. The standard InChI is InChI=1S/C22H18ClN3O5S/c1-29-19-8-7-17(11-20(19)30-2)32(27,28)26-16-10-18(23)22(25-13-16)31-21-9-14-5-3-4-6-15(14)12-24-21/h3-13,26H,1-2H3. The first-order chi connectivity index (χ1) is 15.4. The van der Waals surface area contributed by atoms with Crippen LogP contribution in [0.1, 0.15) is 0 Å². The fraction of sp³-hybridized carbons (Fsp3) is 0.0909. The average molecular weight is 472 g/mol. The average Bonchev–Trinajstić information content (AvgIpc) is 2.80. The Hall–Kier alpha value is -3.56. The van der Waals surface area contributed by atoms with Crippen LogP contribution in [0.2, 0.25) is 5.02 Å². The summed E-state index contributed by atoms with van der Waals surface area (Å²) in [6, 6.07) is 15.2. The number of sulfonamides is 1. The van der Waals surface area contributed by atoms with Crippen LogP contribution in [0.4, 0.5) is 5.69 Å². The van der Waals surface area contributed by atoms with E-state index in [0.717, 1.165) is 10.8 Å². The third-order valence-electron chi connectivity index (χ3n) is 4.53. The molecule has 8 nitrogen and oxygen atoms in total. The van der Waals surface area contributed by atoms with Gasteiger partial charge >= 0.3 is 0 Å². The number of nitrogens with one attached hydrogen (secondary N) is 1. The maximum atomic E-state index is 12.8. The summed E-state index contributed by atoms with van der Waals surface area (Å²) < 4.78 is 43.9. The molecule has 0 fully saturated rings.